The van der Waals surface area contributed by atoms with E-state index in [0.29, 0.717) is 33.3 Å². The summed E-state index contributed by atoms with van der Waals surface area (Å²) < 4.78 is 5.38. The smallest absolute Gasteiger partial charge is 0.234 e. The largest absolute Gasteiger partial charge is 0.495 e. The van der Waals surface area contributed by atoms with Gasteiger partial charge in [0.2, 0.25) is 5.91 Å². The van der Waals surface area contributed by atoms with Crippen LogP contribution in [-0.2, 0) is 4.79 Å². The van der Waals surface area contributed by atoms with Crippen molar-refractivity contribution in [2.45, 2.75) is 12.8 Å². The van der Waals surface area contributed by atoms with Crippen LogP contribution in [0, 0.1) is 17.2 Å². The van der Waals surface area contributed by atoms with Gasteiger partial charge in [0.1, 0.15) is 10.8 Å². The van der Waals surface area contributed by atoms with E-state index in [1.54, 1.807) is 38.3 Å². The van der Waals surface area contributed by atoms with E-state index in [1.165, 1.54) is 11.8 Å². The molecule has 0 spiro atoms. The molecule has 1 heterocycles. The fourth-order valence-corrected chi connectivity index (χ4v) is 5.19. The third-order valence-corrected chi connectivity index (χ3v) is 6.96. The predicted octanol–water partition coefficient (Wildman–Crippen LogP) is 5.86. The van der Waals surface area contributed by atoms with Crippen LogP contribution in [0.1, 0.15) is 28.8 Å². The highest BCUT2D eigenvalue weighted by molar-refractivity contribution is 8.03. The second-order valence-corrected chi connectivity index (χ2v) is 9.18. The Morgan fingerprint density at radius 3 is 2.31 bits per heavy atom. The monoisotopic (exact) mass is 495 g/mol. The lowest BCUT2D eigenvalue weighted by molar-refractivity contribution is -0.118. The Kier molecular flexibility index (Phi) is 7.99. The number of nitriles is 1. The Morgan fingerprint density at radius 1 is 1.00 bits per heavy atom. The maximum Gasteiger partial charge on any atom is 0.234 e. The van der Waals surface area contributed by atoms with Crippen LogP contribution in [0.4, 0.5) is 5.69 Å². The molecule has 0 saturated heterocycles. The van der Waals surface area contributed by atoms with Gasteiger partial charge in [-0.3, -0.25) is 9.59 Å². The van der Waals surface area contributed by atoms with E-state index in [4.69, 9.17) is 4.74 Å². The van der Waals surface area contributed by atoms with Crippen molar-refractivity contribution in [2.24, 2.45) is 10.9 Å². The first kappa shape index (κ1) is 25.0. The van der Waals surface area contributed by atoms with E-state index < -0.39 is 11.8 Å². The molecule has 4 rings (SSSR count). The lowest BCUT2D eigenvalue weighted by Gasteiger charge is -2.31. The third-order valence-electron chi connectivity index (χ3n) is 5.96. The van der Waals surface area contributed by atoms with Gasteiger partial charge in [-0.2, -0.15) is 5.26 Å². The molecule has 2 atom stereocenters. The Balaban J connectivity index is 1.68. The normalized spacial score (nSPS) is 17.1. The number of ketones is 1. The molecule has 7 heteroatoms. The number of aliphatic imine (C=N–C) groups is 1. The molecule has 0 aliphatic carbocycles. The van der Waals surface area contributed by atoms with E-state index in [1.807, 2.05) is 60.7 Å². The molecular weight excluding hydrogens is 470 g/mol. The van der Waals surface area contributed by atoms with Crippen molar-refractivity contribution in [3.05, 3.63) is 107 Å². The number of anilines is 1. The number of hydrogen-bond donors (Lipinski definition) is 1. The number of rotatable bonds is 8. The Morgan fingerprint density at radius 2 is 1.64 bits per heavy atom. The predicted molar refractivity (Wildman–Crippen MR) is 143 cm³/mol. The Bertz CT molecular complexity index is 1360. The Hall–Kier alpha value is -4.15. The van der Waals surface area contributed by atoms with E-state index in [9.17, 15) is 14.9 Å². The highest BCUT2D eigenvalue weighted by Gasteiger charge is 2.39. The maximum atomic E-state index is 13.6. The standard InChI is InChI=1S/C29H25N3O3S/c1-19-26(28(34)32-23-15-9-10-16-25(23)35-2)27(21-13-7-4-8-14-21)22(17-30)29(31-19)36-18-24(33)20-11-5-3-6-12-20/h3-16,26-27H,18H2,1-2H3,(H,32,34)/t26?,27-/m0/s1. The number of nitrogens with one attached hydrogen (secondary N) is 1. The van der Waals surface area contributed by atoms with Crippen LogP contribution in [0.5, 0.6) is 5.75 Å². The van der Waals surface area contributed by atoms with Crippen molar-refractivity contribution >= 4 is 34.9 Å². The number of amides is 1. The number of carbonyl (C=O) groups is 2. The van der Waals surface area contributed by atoms with Crippen LogP contribution in [0.2, 0.25) is 0 Å². The minimum Gasteiger partial charge on any atom is -0.495 e. The number of Topliss-reactive ketones (excluding diaryl/α,β-unsaturated/α-hetero) is 1. The number of carbonyl (C=O) groups excluding carboxylic acids is 2. The van der Waals surface area contributed by atoms with Gasteiger partial charge in [0.05, 0.1) is 36.1 Å². The third kappa shape index (κ3) is 5.40. The molecule has 0 aromatic heterocycles. The van der Waals surface area contributed by atoms with Gasteiger partial charge >= 0.3 is 0 Å². The van der Waals surface area contributed by atoms with Gasteiger partial charge in [-0.25, -0.2) is 4.99 Å². The van der Waals surface area contributed by atoms with Crippen LogP contribution in [0.3, 0.4) is 0 Å². The number of benzene rings is 3. The van der Waals surface area contributed by atoms with Gasteiger partial charge in [-0.05, 0) is 24.6 Å². The average Bonchev–Trinajstić information content (AvgIpc) is 2.92. The second-order valence-electron chi connectivity index (χ2n) is 8.22. The molecule has 0 bridgehead atoms. The van der Waals surface area contributed by atoms with Crippen LogP contribution in [0.15, 0.2) is 101 Å². The number of para-hydroxylation sites is 2. The summed E-state index contributed by atoms with van der Waals surface area (Å²) in [6.07, 6.45) is 0. The summed E-state index contributed by atoms with van der Waals surface area (Å²) in [4.78, 5) is 31.0. The van der Waals surface area contributed by atoms with Crippen LogP contribution < -0.4 is 10.1 Å². The van der Waals surface area contributed by atoms with Gasteiger partial charge in [-0.15, -0.1) is 0 Å². The zero-order valence-corrected chi connectivity index (χ0v) is 20.8. The quantitative estimate of drug-likeness (QED) is 0.395. The molecule has 180 valence electrons. The van der Waals surface area contributed by atoms with Crippen molar-refractivity contribution in [1.29, 1.82) is 5.26 Å². The maximum absolute atomic E-state index is 13.6. The zero-order chi connectivity index (χ0) is 25.5. The van der Waals surface area contributed by atoms with Crippen molar-refractivity contribution in [3.8, 4) is 11.8 Å². The van der Waals surface area contributed by atoms with Crippen LogP contribution in [0.25, 0.3) is 0 Å². The van der Waals surface area contributed by atoms with Crippen molar-refractivity contribution < 1.29 is 14.3 Å². The molecule has 1 aliphatic heterocycles. The number of thioether (sulfide) groups is 1. The van der Waals surface area contributed by atoms with Crippen molar-refractivity contribution in [2.75, 3.05) is 18.2 Å². The highest BCUT2D eigenvalue weighted by Crippen LogP contribution is 2.42. The molecule has 1 N–H and O–H groups in total. The van der Waals surface area contributed by atoms with Crippen molar-refractivity contribution in [3.63, 3.8) is 0 Å². The lowest BCUT2D eigenvalue weighted by Crippen LogP contribution is -2.36. The molecule has 3 aromatic carbocycles. The second kappa shape index (κ2) is 11.5. The average molecular weight is 496 g/mol. The summed E-state index contributed by atoms with van der Waals surface area (Å²) in [5.74, 6) is -0.906. The number of hydrogen-bond acceptors (Lipinski definition) is 6. The summed E-state index contributed by atoms with van der Waals surface area (Å²) in [5, 5.41) is 13.6. The van der Waals surface area contributed by atoms with E-state index in [2.05, 4.69) is 16.4 Å². The molecule has 1 unspecified atom stereocenters. The number of ether oxygens (including phenoxy) is 1. The minimum absolute atomic E-state index is 0.0504. The summed E-state index contributed by atoms with van der Waals surface area (Å²) in [6, 6.07) is 28.0. The number of nitrogens with zero attached hydrogens (tertiary/aromatic N) is 2. The van der Waals surface area contributed by atoms with Crippen molar-refractivity contribution in [1.82, 2.24) is 0 Å². The van der Waals surface area contributed by atoms with Gasteiger partial charge in [0.25, 0.3) is 0 Å². The van der Waals surface area contributed by atoms with Gasteiger partial charge < -0.3 is 10.1 Å². The topological polar surface area (TPSA) is 91.5 Å². The Labute approximate surface area is 214 Å². The lowest BCUT2D eigenvalue weighted by atomic mass is 9.77. The minimum atomic E-state index is -0.707. The number of methoxy groups -OCH3 is 1. The number of allylic oxidation sites excluding steroid dienone is 1. The molecule has 3 aromatic rings. The fraction of sp³-hybridized carbons (Fsp3) is 0.172. The highest BCUT2D eigenvalue weighted by atomic mass is 32.2. The SMILES string of the molecule is COc1ccccc1NC(=O)C1C(C)=NC(SCC(=O)c2ccccc2)=C(C#N)[C@@H]1c1ccccc1. The van der Waals surface area contributed by atoms with Gasteiger partial charge in [0.15, 0.2) is 5.78 Å². The molecule has 0 fully saturated rings. The summed E-state index contributed by atoms with van der Waals surface area (Å²) in [6.45, 7) is 1.79. The summed E-state index contributed by atoms with van der Waals surface area (Å²) in [5.41, 5.74) is 2.92. The summed E-state index contributed by atoms with van der Waals surface area (Å²) >= 11 is 1.23. The molecular formula is C29H25N3O3S. The van der Waals surface area contributed by atoms with Crippen LogP contribution in [-0.4, -0.2) is 30.3 Å². The van der Waals surface area contributed by atoms with E-state index in [0.717, 1.165) is 5.56 Å². The molecule has 0 saturated carbocycles. The molecule has 36 heavy (non-hydrogen) atoms. The van der Waals surface area contributed by atoms with Crippen LogP contribution >= 0.6 is 11.8 Å². The molecule has 1 amide bonds. The molecule has 1 aliphatic rings. The zero-order valence-electron chi connectivity index (χ0n) is 20.0. The molecule has 6 nitrogen and oxygen atoms in total. The van der Waals surface area contributed by atoms with Gasteiger partial charge in [0, 0.05) is 17.2 Å². The first-order chi connectivity index (χ1) is 17.5. The van der Waals surface area contributed by atoms with E-state index >= 15 is 0 Å². The first-order valence-corrected chi connectivity index (χ1v) is 12.4. The van der Waals surface area contributed by atoms with Gasteiger partial charge in [-0.1, -0.05) is 84.6 Å². The first-order valence-electron chi connectivity index (χ1n) is 11.4. The molecule has 0 radical (unpaired) electrons. The fourth-order valence-electron chi connectivity index (χ4n) is 4.22. The summed E-state index contributed by atoms with van der Waals surface area (Å²) in [7, 11) is 1.54. The van der Waals surface area contributed by atoms with E-state index in [-0.39, 0.29) is 17.4 Å².